The summed E-state index contributed by atoms with van der Waals surface area (Å²) in [6.45, 7) is 9.31. The van der Waals surface area contributed by atoms with Crippen molar-refractivity contribution in [3.63, 3.8) is 0 Å². The SMILES string of the molecule is CCCNc1ccncc1C(=O)NC(CC)(CC)CC. The van der Waals surface area contributed by atoms with Gasteiger partial charge in [0.2, 0.25) is 0 Å². The lowest BCUT2D eigenvalue weighted by Gasteiger charge is -2.32. The topological polar surface area (TPSA) is 54.0 Å². The first-order valence-corrected chi connectivity index (χ1v) is 7.62. The van der Waals surface area contributed by atoms with E-state index in [2.05, 4.69) is 43.3 Å². The molecule has 0 saturated heterocycles. The number of anilines is 1. The summed E-state index contributed by atoms with van der Waals surface area (Å²) in [6.07, 6.45) is 7.17. The quantitative estimate of drug-likeness (QED) is 0.763. The number of amides is 1. The van der Waals surface area contributed by atoms with Crippen molar-refractivity contribution in [3.8, 4) is 0 Å². The van der Waals surface area contributed by atoms with E-state index in [4.69, 9.17) is 0 Å². The number of hydrogen-bond acceptors (Lipinski definition) is 3. The molecule has 0 fully saturated rings. The van der Waals surface area contributed by atoms with E-state index >= 15 is 0 Å². The molecule has 0 atom stereocenters. The van der Waals surface area contributed by atoms with Gasteiger partial charge in [-0.3, -0.25) is 9.78 Å². The summed E-state index contributed by atoms with van der Waals surface area (Å²) in [5.41, 5.74) is 1.37. The first-order chi connectivity index (χ1) is 9.62. The van der Waals surface area contributed by atoms with Crippen LogP contribution >= 0.6 is 0 Å². The fraction of sp³-hybridized carbons (Fsp3) is 0.625. The van der Waals surface area contributed by atoms with Crippen molar-refractivity contribution in [2.75, 3.05) is 11.9 Å². The molecule has 20 heavy (non-hydrogen) atoms. The first kappa shape index (κ1) is 16.5. The third-order valence-electron chi connectivity index (χ3n) is 4.04. The number of carbonyl (C=O) groups excluding carboxylic acids is 1. The molecule has 0 aromatic carbocycles. The van der Waals surface area contributed by atoms with Crippen LogP contribution in [0.5, 0.6) is 0 Å². The average molecular weight is 277 g/mol. The van der Waals surface area contributed by atoms with Gasteiger partial charge in [0.25, 0.3) is 5.91 Å². The number of rotatable bonds is 8. The highest BCUT2D eigenvalue weighted by atomic mass is 16.1. The third-order valence-corrected chi connectivity index (χ3v) is 4.04. The fourth-order valence-corrected chi connectivity index (χ4v) is 2.31. The van der Waals surface area contributed by atoms with Gasteiger partial charge in [-0.25, -0.2) is 0 Å². The normalized spacial score (nSPS) is 11.2. The smallest absolute Gasteiger partial charge is 0.255 e. The van der Waals surface area contributed by atoms with E-state index < -0.39 is 0 Å². The number of nitrogens with zero attached hydrogens (tertiary/aromatic N) is 1. The van der Waals surface area contributed by atoms with Crippen molar-refractivity contribution in [2.24, 2.45) is 0 Å². The molecule has 1 aromatic rings. The highest BCUT2D eigenvalue weighted by molar-refractivity contribution is 5.99. The lowest BCUT2D eigenvalue weighted by atomic mass is 9.89. The predicted octanol–water partition coefficient (Wildman–Crippen LogP) is 3.60. The lowest BCUT2D eigenvalue weighted by molar-refractivity contribution is 0.0888. The van der Waals surface area contributed by atoms with Crippen molar-refractivity contribution < 1.29 is 4.79 Å². The highest BCUT2D eigenvalue weighted by Gasteiger charge is 2.27. The van der Waals surface area contributed by atoms with Crippen LogP contribution in [0.2, 0.25) is 0 Å². The molecule has 0 spiro atoms. The maximum absolute atomic E-state index is 12.5. The Bertz CT molecular complexity index is 419. The van der Waals surface area contributed by atoms with Crippen LogP contribution in [0.1, 0.15) is 63.7 Å². The maximum Gasteiger partial charge on any atom is 0.255 e. The van der Waals surface area contributed by atoms with Crippen LogP contribution in [-0.4, -0.2) is 23.0 Å². The van der Waals surface area contributed by atoms with Gasteiger partial charge in [-0.1, -0.05) is 27.7 Å². The molecule has 0 aliphatic rings. The second-order valence-corrected chi connectivity index (χ2v) is 5.14. The van der Waals surface area contributed by atoms with Gasteiger partial charge in [-0.05, 0) is 31.7 Å². The Morgan fingerprint density at radius 2 is 1.85 bits per heavy atom. The minimum absolute atomic E-state index is 0.0396. The first-order valence-electron chi connectivity index (χ1n) is 7.62. The molecule has 1 rings (SSSR count). The molecule has 1 amide bonds. The summed E-state index contributed by atoms with van der Waals surface area (Å²) in [6, 6.07) is 1.86. The molecule has 4 heteroatoms. The van der Waals surface area contributed by atoms with Crippen molar-refractivity contribution >= 4 is 11.6 Å². The molecule has 112 valence electrons. The Morgan fingerprint density at radius 1 is 1.20 bits per heavy atom. The molecule has 4 nitrogen and oxygen atoms in total. The van der Waals surface area contributed by atoms with Gasteiger partial charge in [0.15, 0.2) is 0 Å². The Kier molecular flexibility index (Phi) is 6.49. The van der Waals surface area contributed by atoms with Crippen molar-refractivity contribution in [1.82, 2.24) is 10.3 Å². The van der Waals surface area contributed by atoms with E-state index in [1.165, 1.54) is 0 Å². The Hall–Kier alpha value is -1.58. The largest absolute Gasteiger partial charge is 0.384 e. The summed E-state index contributed by atoms with van der Waals surface area (Å²) in [7, 11) is 0. The zero-order valence-corrected chi connectivity index (χ0v) is 13.1. The summed E-state index contributed by atoms with van der Waals surface area (Å²) in [5, 5.41) is 6.48. The average Bonchev–Trinajstić information content (AvgIpc) is 2.51. The van der Waals surface area contributed by atoms with Gasteiger partial charge in [0.1, 0.15) is 0 Å². The fourth-order valence-electron chi connectivity index (χ4n) is 2.31. The molecule has 1 aromatic heterocycles. The molecule has 0 unspecified atom stereocenters. The Labute approximate surface area is 122 Å². The Balaban J connectivity index is 2.91. The van der Waals surface area contributed by atoms with Crippen LogP contribution in [0.15, 0.2) is 18.5 Å². The predicted molar refractivity (Wildman–Crippen MR) is 84.1 cm³/mol. The van der Waals surface area contributed by atoms with Gasteiger partial charge >= 0.3 is 0 Å². The van der Waals surface area contributed by atoms with E-state index in [0.717, 1.165) is 37.9 Å². The van der Waals surface area contributed by atoms with Crippen molar-refractivity contribution in [3.05, 3.63) is 24.0 Å². The zero-order valence-electron chi connectivity index (χ0n) is 13.1. The monoisotopic (exact) mass is 277 g/mol. The van der Waals surface area contributed by atoms with Crippen LogP contribution in [0.25, 0.3) is 0 Å². The molecule has 0 aliphatic heterocycles. The minimum atomic E-state index is -0.116. The van der Waals surface area contributed by atoms with Crippen molar-refractivity contribution in [2.45, 2.75) is 58.9 Å². The molecule has 0 radical (unpaired) electrons. The summed E-state index contributed by atoms with van der Waals surface area (Å²) < 4.78 is 0. The zero-order chi connectivity index (χ0) is 15.0. The lowest BCUT2D eigenvalue weighted by Crippen LogP contribution is -2.47. The maximum atomic E-state index is 12.5. The molecular weight excluding hydrogens is 250 g/mol. The number of nitrogens with one attached hydrogen (secondary N) is 2. The standard InChI is InChI=1S/C16H27N3O/c1-5-10-18-14-9-11-17-12-13(14)15(20)19-16(6-2,7-3)8-4/h9,11-12H,5-8,10H2,1-4H3,(H,17,18)(H,19,20). The van der Waals surface area contributed by atoms with Gasteiger partial charge < -0.3 is 10.6 Å². The van der Waals surface area contributed by atoms with Crippen LogP contribution in [0.3, 0.4) is 0 Å². The molecule has 1 heterocycles. The van der Waals surface area contributed by atoms with Gasteiger partial charge in [0, 0.05) is 24.5 Å². The van der Waals surface area contributed by atoms with Crippen LogP contribution in [0, 0.1) is 0 Å². The van der Waals surface area contributed by atoms with Crippen molar-refractivity contribution in [1.29, 1.82) is 0 Å². The molecule has 0 aliphatic carbocycles. The number of pyridine rings is 1. The summed E-state index contributed by atoms with van der Waals surface area (Å²) in [4.78, 5) is 16.6. The van der Waals surface area contributed by atoms with E-state index in [9.17, 15) is 4.79 Å². The molecule has 2 N–H and O–H groups in total. The summed E-state index contributed by atoms with van der Waals surface area (Å²) >= 11 is 0. The number of aromatic nitrogens is 1. The van der Waals surface area contributed by atoms with Gasteiger partial charge in [-0.2, -0.15) is 0 Å². The van der Waals surface area contributed by atoms with Gasteiger partial charge in [-0.15, -0.1) is 0 Å². The Morgan fingerprint density at radius 3 is 2.40 bits per heavy atom. The van der Waals surface area contributed by atoms with Crippen LogP contribution in [0.4, 0.5) is 5.69 Å². The van der Waals surface area contributed by atoms with E-state index in [0.29, 0.717) is 5.56 Å². The second kappa shape index (κ2) is 7.88. The highest BCUT2D eigenvalue weighted by Crippen LogP contribution is 2.21. The molecule has 0 bridgehead atoms. The molecule has 0 saturated carbocycles. The summed E-state index contributed by atoms with van der Waals surface area (Å²) in [5.74, 6) is -0.0396. The van der Waals surface area contributed by atoms with E-state index in [1.807, 2.05) is 6.07 Å². The van der Waals surface area contributed by atoms with Crippen LogP contribution < -0.4 is 10.6 Å². The van der Waals surface area contributed by atoms with Gasteiger partial charge in [0.05, 0.1) is 11.3 Å². The van der Waals surface area contributed by atoms with E-state index in [-0.39, 0.29) is 11.4 Å². The number of hydrogen-bond donors (Lipinski definition) is 2. The minimum Gasteiger partial charge on any atom is -0.384 e. The second-order valence-electron chi connectivity index (χ2n) is 5.14. The molecular formula is C16H27N3O. The number of carbonyl (C=O) groups is 1. The third kappa shape index (κ3) is 3.95. The van der Waals surface area contributed by atoms with Crippen LogP contribution in [-0.2, 0) is 0 Å². The van der Waals surface area contributed by atoms with E-state index in [1.54, 1.807) is 12.4 Å².